The molecule has 1 amide bonds. The summed E-state index contributed by atoms with van der Waals surface area (Å²) in [6.45, 7) is 0. The molecule has 1 aromatic carbocycles. The highest BCUT2D eigenvalue weighted by Gasteiger charge is 2.08. The zero-order valence-corrected chi connectivity index (χ0v) is 14.8. The van der Waals surface area contributed by atoms with E-state index in [1.54, 1.807) is 24.5 Å². The second kappa shape index (κ2) is 11.4. The van der Waals surface area contributed by atoms with Crippen molar-refractivity contribution in [3.05, 3.63) is 59.9 Å². The number of benzene rings is 1. The molecule has 8 heteroatoms. The monoisotopic (exact) mass is 373 g/mol. The Hall–Kier alpha value is -3.26. The van der Waals surface area contributed by atoms with E-state index < -0.39 is 5.97 Å². The van der Waals surface area contributed by atoms with E-state index >= 15 is 0 Å². The molecule has 8 nitrogen and oxygen atoms in total. The van der Waals surface area contributed by atoms with Crippen LogP contribution in [0.25, 0.3) is 0 Å². The molecule has 0 radical (unpaired) electrons. The molecule has 1 saturated carbocycles. The molecule has 1 aliphatic carbocycles. The molecule has 1 heterocycles. The number of carbonyl (C=O) groups is 2. The molecule has 1 aromatic heterocycles. The molecule has 0 saturated heterocycles. The summed E-state index contributed by atoms with van der Waals surface area (Å²) in [5, 5.41) is 21.4. The summed E-state index contributed by atoms with van der Waals surface area (Å²) in [5.74, 6) is -1.23. The van der Waals surface area contributed by atoms with Crippen LogP contribution in [-0.2, 0) is 0 Å². The minimum Gasteiger partial charge on any atom is -0.508 e. The molecule has 0 unspecified atom stereocenters. The molecular formula is C19H23N3O5. The van der Waals surface area contributed by atoms with E-state index in [2.05, 4.69) is 15.5 Å². The Morgan fingerprint density at radius 1 is 1.00 bits per heavy atom. The highest BCUT2D eigenvalue weighted by Crippen LogP contribution is 2.14. The van der Waals surface area contributed by atoms with Crippen molar-refractivity contribution in [3.8, 4) is 5.75 Å². The first-order valence-corrected chi connectivity index (χ1v) is 8.34. The number of hydrogen-bond acceptors (Lipinski definition) is 5. The van der Waals surface area contributed by atoms with Crippen LogP contribution in [0.2, 0.25) is 0 Å². The van der Waals surface area contributed by atoms with Gasteiger partial charge in [0.2, 0.25) is 0 Å². The van der Waals surface area contributed by atoms with E-state index in [4.69, 9.17) is 10.2 Å². The van der Waals surface area contributed by atoms with E-state index in [9.17, 15) is 9.59 Å². The van der Waals surface area contributed by atoms with Crippen LogP contribution in [0.1, 0.15) is 52.8 Å². The smallest absolute Gasteiger partial charge is 0.335 e. The summed E-state index contributed by atoms with van der Waals surface area (Å²) in [6.07, 6.45) is 8.86. The predicted octanol–water partition coefficient (Wildman–Crippen LogP) is 2.40. The van der Waals surface area contributed by atoms with Crippen molar-refractivity contribution in [2.45, 2.75) is 32.1 Å². The zero-order valence-electron chi connectivity index (χ0n) is 14.8. The van der Waals surface area contributed by atoms with Gasteiger partial charge in [0.05, 0.1) is 5.56 Å². The van der Waals surface area contributed by atoms with Crippen LogP contribution in [0.4, 0.5) is 0 Å². The third-order valence-electron chi connectivity index (χ3n) is 3.78. The Kier molecular flexibility index (Phi) is 9.18. The Balaban J connectivity index is 0.000000288. The lowest BCUT2D eigenvalue weighted by molar-refractivity contribution is 0.0696. The molecule has 0 spiro atoms. The van der Waals surface area contributed by atoms with Crippen LogP contribution in [0.15, 0.2) is 53.9 Å². The van der Waals surface area contributed by atoms with Gasteiger partial charge in [-0.25, -0.2) is 10.2 Å². The number of phenols is 1. The average Bonchev–Trinajstić information content (AvgIpc) is 2.68. The number of aromatic hydroxyl groups is 1. The van der Waals surface area contributed by atoms with Crippen LogP contribution < -0.4 is 5.43 Å². The maximum atomic E-state index is 11.6. The van der Waals surface area contributed by atoms with Gasteiger partial charge < -0.3 is 15.7 Å². The molecule has 5 N–H and O–H groups in total. The molecule has 0 aliphatic heterocycles. The normalized spacial score (nSPS) is 12.7. The number of hydrogen-bond donors (Lipinski definition) is 3. The molecule has 144 valence electrons. The van der Waals surface area contributed by atoms with Crippen molar-refractivity contribution in [1.82, 2.24) is 10.4 Å². The van der Waals surface area contributed by atoms with Crippen molar-refractivity contribution in [3.63, 3.8) is 0 Å². The number of nitrogens with zero attached hydrogens (tertiary/aromatic N) is 2. The van der Waals surface area contributed by atoms with Gasteiger partial charge in [-0.05, 0) is 56.0 Å². The van der Waals surface area contributed by atoms with E-state index in [1.165, 1.54) is 43.5 Å². The first kappa shape index (κ1) is 21.8. The Labute approximate surface area is 156 Å². The van der Waals surface area contributed by atoms with Crippen molar-refractivity contribution in [2.24, 2.45) is 5.10 Å². The maximum absolute atomic E-state index is 11.6. The van der Waals surface area contributed by atoms with E-state index in [0.29, 0.717) is 5.56 Å². The van der Waals surface area contributed by atoms with E-state index in [-0.39, 0.29) is 22.7 Å². The highest BCUT2D eigenvalue weighted by molar-refractivity contribution is 5.95. The quantitative estimate of drug-likeness (QED) is 0.708. The summed E-state index contributed by atoms with van der Waals surface area (Å²) in [5.41, 5.74) is 4.39. The number of hydrazone groups is 1. The number of aromatic carboxylic acids is 1. The lowest BCUT2D eigenvalue weighted by Gasteiger charge is -2.11. The van der Waals surface area contributed by atoms with E-state index in [0.717, 1.165) is 18.6 Å². The first-order chi connectivity index (χ1) is 12.6. The Morgan fingerprint density at radius 2 is 1.67 bits per heavy atom. The number of nitrogens with one attached hydrogen (secondary N) is 1. The summed E-state index contributed by atoms with van der Waals surface area (Å²) in [4.78, 5) is 25.7. The topological polar surface area (TPSA) is 143 Å². The first-order valence-electron chi connectivity index (χ1n) is 8.34. The second-order valence-corrected chi connectivity index (χ2v) is 5.77. The fraction of sp³-hybridized carbons (Fsp3) is 0.263. The number of carboxylic acid groups (broad SMARTS) is 1. The van der Waals surface area contributed by atoms with Crippen molar-refractivity contribution < 1.29 is 25.3 Å². The molecule has 0 atom stereocenters. The van der Waals surface area contributed by atoms with Crippen LogP contribution in [0.3, 0.4) is 0 Å². The fourth-order valence-corrected chi connectivity index (χ4v) is 2.41. The van der Waals surface area contributed by atoms with Gasteiger partial charge in [-0.3, -0.25) is 9.78 Å². The number of pyridine rings is 1. The average molecular weight is 373 g/mol. The van der Waals surface area contributed by atoms with Crippen LogP contribution in [0.5, 0.6) is 5.75 Å². The minimum absolute atomic E-state index is 0. The summed E-state index contributed by atoms with van der Waals surface area (Å²) < 4.78 is 0. The number of rotatable bonds is 3. The van der Waals surface area contributed by atoms with Gasteiger partial charge in [0.1, 0.15) is 5.75 Å². The summed E-state index contributed by atoms with van der Waals surface area (Å²) in [7, 11) is 0. The summed E-state index contributed by atoms with van der Waals surface area (Å²) in [6, 6.07) is 8.88. The molecule has 27 heavy (non-hydrogen) atoms. The van der Waals surface area contributed by atoms with Crippen molar-refractivity contribution in [1.29, 1.82) is 0 Å². The molecule has 0 bridgehead atoms. The molecular weight excluding hydrogens is 350 g/mol. The zero-order chi connectivity index (χ0) is 18.8. The largest absolute Gasteiger partial charge is 0.508 e. The van der Waals surface area contributed by atoms with Crippen molar-refractivity contribution in [2.75, 3.05) is 0 Å². The molecule has 1 aliphatic rings. The van der Waals surface area contributed by atoms with Gasteiger partial charge >= 0.3 is 5.97 Å². The number of carbonyl (C=O) groups excluding carboxylic acids is 1. The van der Waals surface area contributed by atoms with Crippen LogP contribution in [-0.4, -0.2) is 38.3 Å². The Bertz CT molecular complexity index is 770. The SMILES string of the molecule is O.O=C(NN=C1CCCCC1)c1ccncc1.O=C(O)c1cccc(O)c1. The third-order valence-corrected chi connectivity index (χ3v) is 3.78. The lowest BCUT2D eigenvalue weighted by atomic mass is 9.99. The minimum atomic E-state index is -1.03. The van der Waals surface area contributed by atoms with Gasteiger partial charge in [0.15, 0.2) is 0 Å². The maximum Gasteiger partial charge on any atom is 0.335 e. The molecule has 1 fully saturated rings. The van der Waals surface area contributed by atoms with Gasteiger partial charge in [0, 0.05) is 23.7 Å². The van der Waals surface area contributed by atoms with Crippen LogP contribution >= 0.6 is 0 Å². The number of phenolic OH excluding ortho intramolecular Hbond substituents is 1. The standard InChI is InChI=1S/C12H15N3O.C7H6O3.H2O/c16-12(10-6-8-13-9-7-10)15-14-11-4-2-1-3-5-11;8-6-3-1-2-5(4-6)7(9)10;/h6-9H,1-5H2,(H,15,16);1-4,8H,(H,9,10);1H2. The summed E-state index contributed by atoms with van der Waals surface area (Å²) >= 11 is 0. The van der Waals surface area contributed by atoms with E-state index in [1.807, 2.05) is 0 Å². The molecule has 3 rings (SSSR count). The Morgan fingerprint density at radius 3 is 2.22 bits per heavy atom. The van der Waals surface area contributed by atoms with Gasteiger partial charge in [-0.2, -0.15) is 5.10 Å². The number of aromatic nitrogens is 1. The molecule has 2 aromatic rings. The van der Waals surface area contributed by atoms with Gasteiger partial charge in [-0.15, -0.1) is 0 Å². The second-order valence-electron chi connectivity index (χ2n) is 5.77. The predicted molar refractivity (Wildman–Crippen MR) is 101 cm³/mol. The lowest BCUT2D eigenvalue weighted by Crippen LogP contribution is -2.20. The van der Waals surface area contributed by atoms with Crippen molar-refractivity contribution >= 4 is 17.6 Å². The fourth-order valence-electron chi connectivity index (χ4n) is 2.41. The third kappa shape index (κ3) is 7.66. The van der Waals surface area contributed by atoms with Gasteiger partial charge in [-0.1, -0.05) is 12.5 Å². The van der Waals surface area contributed by atoms with Crippen LogP contribution in [0, 0.1) is 0 Å². The van der Waals surface area contributed by atoms with Gasteiger partial charge in [0.25, 0.3) is 5.91 Å². The highest BCUT2D eigenvalue weighted by atomic mass is 16.4. The number of carboxylic acids is 1. The number of amides is 1.